The molecule has 0 atom stereocenters. The molecule has 5 aromatic rings. The second-order valence-electron chi connectivity index (χ2n) is 9.33. The Morgan fingerprint density at radius 2 is 1.63 bits per heavy atom. The highest BCUT2D eigenvalue weighted by Crippen LogP contribution is 2.30. The van der Waals surface area contributed by atoms with E-state index >= 15 is 0 Å². The van der Waals surface area contributed by atoms with Gasteiger partial charge in [0.15, 0.2) is 11.5 Å². The van der Waals surface area contributed by atoms with Crippen LogP contribution in [0.15, 0.2) is 114 Å². The number of rotatable bonds is 10. The minimum absolute atomic E-state index is 0.301. The Hall–Kier alpha value is -4.81. The monoisotopic (exact) mass is 563 g/mol. The third-order valence-electron chi connectivity index (χ3n) is 6.52. The Bertz CT molecular complexity index is 1660. The van der Waals surface area contributed by atoms with E-state index in [-0.39, 0.29) is 5.91 Å². The molecule has 0 bridgehead atoms. The molecule has 1 heterocycles. The fourth-order valence-corrected chi connectivity index (χ4v) is 4.66. The number of benzene rings is 4. The molecule has 1 amide bonds. The molecule has 6 nitrogen and oxygen atoms in total. The van der Waals surface area contributed by atoms with E-state index < -0.39 is 0 Å². The van der Waals surface area contributed by atoms with Crippen LogP contribution >= 0.6 is 11.6 Å². The normalized spacial score (nSPS) is 11.0. The summed E-state index contributed by atoms with van der Waals surface area (Å²) in [5.74, 6) is 0.882. The van der Waals surface area contributed by atoms with Gasteiger partial charge in [-0.2, -0.15) is 5.10 Å². The van der Waals surface area contributed by atoms with Crippen molar-refractivity contribution in [3.05, 3.63) is 137 Å². The molecule has 41 heavy (non-hydrogen) atoms. The number of hydrogen-bond donors (Lipinski definition) is 1. The Morgan fingerprint density at radius 1 is 0.878 bits per heavy atom. The first kappa shape index (κ1) is 27.7. The maximum atomic E-state index is 12.8. The van der Waals surface area contributed by atoms with Crippen LogP contribution < -0.4 is 14.9 Å². The summed E-state index contributed by atoms with van der Waals surface area (Å²) in [5.41, 5.74) is 9.07. The lowest BCUT2D eigenvalue weighted by Crippen LogP contribution is -2.17. The number of aromatic nitrogens is 1. The van der Waals surface area contributed by atoms with Gasteiger partial charge < -0.3 is 14.0 Å². The number of nitrogens with zero attached hydrogens (tertiary/aromatic N) is 2. The number of carbonyl (C=O) groups excluding carboxylic acids is 1. The lowest BCUT2D eigenvalue weighted by atomic mass is 10.1. The van der Waals surface area contributed by atoms with Crippen LogP contribution in [0.3, 0.4) is 0 Å². The van der Waals surface area contributed by atoms with Crippen molar-refractivity contribution < 1.29 is 14.3 Å². The summed E-state index contributed by atoms with van der Waals surface area (Å²) in [5, 5.41) is 4.80. The molecule has 1 N–H and O–H groups in total. The minimum Gasteiger partial charge on any atom is -0.490 e. The number of hydrazone groups is 1. The van der Waals surface area contributed by atoms with Crippen molar-refractivity contribution >= 4 is 23.7 Å². The molecule has 5 rings (SSSR count). The SMILES string of the molecule is CCOc1cc(/C=N/NC(=O)c2ccc(-n3c(C)ccc3-c3ccccc3)cc2)ccc1OCc1ccccc1Cl. The summed E-state index contributed by atoms with van der Waals surface area (Å²) in [6.45, 7) is 4.77. The molecule has 0 fully saturated rings. The number of aryl methyl sites for hydroxylation is 1. The highest BCUT2D eigenvalue weighted by molar-refractivity contribution is 6.31. The van der Waals surface area contributed by atoms with Crippen LogP contribution in [0.4, 0.5) is 0 Å². The molecule has 0 saturated heterocycles. The van der Waals surface area contributed by atoms with Crippen molar-refractivity contribution in [3.8, 4) is 28.4 Å². The number of hydrogen-bond acceptors (Lipinski definition) is 4. The second-order valence-corrected chi connectivity index (χ2v) is 9.73. The van der Waals surface area contributed by atoms with E-state index in [1.165, 1.54) is 0 Å². The number of carbonyl (C=O) groups is 1. The summed E-state index contributed by atoms with van der Waals surface area (Å²) >= 11 is 6.25. The molecule has 0 aliphatic carbocycles. The first-order valence-corrected chi connectivity index (χ1v) is 13.7. The van der Waals surface area contributed by atoms with Crippen molar-refractivity contribution in [1.29, 1.82) is 0 Å². The van der Waals surface area contributed by atoms with Crippen LogP contribution in [-0.2, 0) is 6.61 Å². The molecule has 0 aliphatic rings. The lowest BCUT2D eigenvalue weighted by molar-refractivity contribution is 0.0955. The van der Waals surface area contributed by atoms with Crippen molar-refractivity contribution in [2.24, 2.45) is 5.10 Å². The zero-order chi connectivity index (χ0) is 28.6. The van der Waals surface area contributed by atoms with Gasteiger partial charge in [0.25, 0.3) is 5.91 Å². The van der Waals surface area contributed by atoms with Crippen molar-refractivity contribution in [3.63, 3.8) is 0 Å². The Balaban J connectivity index is 1.24. The van der Waals surface area contributed by atoms with E-state index in [1.807, 2.05) is 79.7 Å². The maximum absolute atomic E-state index is 12.8. The minimum atomic E-state index is -0.301. The van der Waals surface area contributed by atoms with Crippen molar-refractivity contribution in [1.82, 2.24) is 9.99 Å². The first-order chi connectivity index (χ1) is 20.0. The topological polar surface area (TPSA) is 64.8 Å². The molecule has 206 valence electrons. The summed E-state index contributed by atoms with van der Waals surface area (Å²) in [7, 11) is 0. The fraction of sp³-hybridized carbons (Fsp3) is 0.118. The van der Waals surface area contributed by atoms with Crippen LogP contribution in [0.1, 0.15) is 34.1 Å². The van der Waals surface area contributed by atoms with Gasteiger partial charge in [-0.3, -0.25) is 4.79 Å². The van der Waals surface area contributed by atoms with Crippen LogP contribution in [0, 0.1) is 6.92 Å². The average Bonchev–Trinajstić information content (AvgIpc) is 3.39. The molecule has 0 radical (unpaired) electrons. The van der Waals surface area contributed by atoms with Gasteiger partial charge in [0.1, 0.15) is 6.61 Å². The predicted octanol–water partition coefficient (Wildman–Crippen LogP) is 7.85. The van der Waals surface area contributed by atoms with Gasteiger partial charge in [0.05, 0.1) is 18.5 Å². The zero-order valence-electron chi connectivity index (χ0n) is 22.9. The molecule has 1 aromatic heterocycles. The third kappa shape index (κ3) is 6.68. The van der Waals surface area contributed by atoms with E-state index in [0.717, 1.165) is 33.8 Å². The van der Waals surface area contributed by atoms with Gasteiger partial charge in [0.2, 0.25) is 0 Å². The van der Waals surface area contributed by atoms with Crippen LogP contribution in [0.25, 0.3) is 16.9 Å². The predicted molar refractivity (Wildman–Crippen MR) is 164 cm³/mol. The highest BCUT2D eigenvalue weighted by atomic mass is 35.5. The van der Waals surface area contributed by atoms with E-state index in [4.69, 9.17) is 21.1 Å². The van der Waals surface area contributed by atoms with Gasteiger partial charge in [0, 0.05) is 27.5 Å². The van der Waals surface area contributed by atoms with Gasteiger partial charge in [-0.1, -0.05) is 60.1 Å². The van der Waals surface area contributed by atoms with E-state index in [9.17, 15) is 4.79 Å². The van der Waals surface area contributed by atoms with E-state index in [0.29, 0.717) is 35.3 Å². The van der Waals surface area contributed by atoms with Crippen LogP contribution in [-0.4, -0.2) is 23.3 Å². The van der Waals surface area contributed by atoms with E-state index in [1.54, 1.807) is 18.3 Å². The molecular weight excluding hydrogens is 534 g/mol. The molecule has 0 spiro atoms. The zero-order valence-corrected chi connectivity index (χ0v) is 23.6. The van der Waals surface area contributed by atoms with Crippen LogP contribution in [0.2, 0.25) is 5.02 Å². The first-order valence-electron chi connectivity index (χ1n) is 13.3. The number of halogens is 1. The quantitative estimate of drug-likeness (QED) is 0.139. The molecule has 4 aromatic carbocycles. The van der Waals surface area contributed by atoms with Crippen LogP contribution in [0.5, 0.6) is 11.5 Å². The summed E-state index contributed by atoms with van der Waals surface area (Å²) in [6.07, 6.45) is 1.57. The second kappa shape index (κ2) is 13.0. The molecule has 0 unspecified atom stereocenters. The third-order valence-corrected chi connectivity index (χ3v) is 6.89. The largest absolute Gasteiger partial charge is 0.490 e. The number of amides is 1. The standard InChI is InChI=1S/C34H30ClN3O3/c1-3-40-33-21-25(14-20-32(33)41-23-28-11-7-8-12-30(28)35)22-36-37-34(39)27-15-17-29(18-16-27)38-24(2)13-19-31(38)26-9-5-4-6-10-26/h4-22H,3,23H2,1-2H3,(H,37,39)/b36-22+. The Labute approximate surface area is 244 Å². The molecule has 0 aliphatic heterocycles. The van der Waals surface area contributed by atoms with Gasteiger partial charge >= 0.3 is 0 Å². The van der Waals surface area contributed by atoms with Gasteiger partial charge in [-0.15, -0.1) is 0 Å². The fourth-order valence-electron chi connectivity index (χ4n) is 4.47. The molecule has 7 heteroatoms. The van der Waals surface area contributed by atoms with Gasteiger partial charge in [-0.05, 0) is 85.6 Å². The molecular formula is C34H30ClN3O3. The smallest absolute Gasteiger partial charge is 0.271 e. The number of ether oxygens (including phenoxy) is 2. The summed E-state index contributed by atoms with van der Waals surface area (Å²) < 4.78 is 13.9. The van der Waals surface area contributed by atoms with E-state index in [2.05, 4.69) is 46.3 Å². The molecule has 0 saturated carbocycles. The maximum Gasteiger partial charge on any atom is 0.271 e. The Morgan fingerprint density at radius 3 is 2.39 bits per heavy atom. The summed E-state index contributed by atoms with van der Waals surface area (Å²) in [4.78, 5) is 12.8. The van der Waals surface area contributed by atoms with Crippen molar-refractivity contribution in [2.45, 2.75) is 20.5 Å². The Kier molecular flexibility index (Phi) is 8.82. The van der Waals surface area contributed by atoms with Crippen molar-refractivity contribution in [2.75, 3.05) is 6.61 Å². The number of nitrogens with one attached hydrogen (secondary N) is 1. The average molecular weight is 564 g/mol. The van der Waals surface area contributed by atoms with Gasteiger partial charge in [-0.25, -0.2) is 5.43 Å². The highest BCUT2D eigenvalue weighted by Gasteiger charge is 2.11. The summed E-state index contributed by atoms with van der Waals surface area (Å²) in [6, 6.07) is 34.9. The lowest BCUT2D eigenvalue weighted by Gasteiger charge is -2.13.